The molecule has 2 fully saturated rings. The first-order valence-electron chi connectivity index (χ1n) is 12.8. The highest BCUT2D eigenvalue weighted by molar-refractivity contribution is 6.31. The van der Waals surface area contributed by atoms with Crippen LogP contribution in [0.25, 0.3) is 0 Å². The number of aromatic nitrogens is 2. The summed E-state index contributed by atoms with van der Waals surface area (Å²) in [5.74, 6) is 1.07. The van der Waals surface area contributed by atoms with E-state index in [0.717, 1.165) is 25.7 Å². The van der Waals surface area contributed by atoms with Gasteiger partial charge in [0.25, 0.3) is 5.91 Å². The second-order valence-corrected chi connectivity index (χ2v) is 11.0. The number of nitrogens with zero attached hydrogens (tertiary/aromatic N) is 5. The van der Waals surface area contributed by atoms with E-state index >= 15 is 0 Å². The number of amides is 2. The Balaban J connectivity index is 1.21. The maximum Gasteiger partial charge on any atom is 0.410 e. The lowest BCUT2D eigenvalue weighted by Gasteiger charge is -2.35. The van der Waals surface area contributed by atoms with Gasteiger partial charge in [0.15, 0.2) is 11.5 Å². The van der Waals surface area contributed by atoms with Crippen molar-refractivity contribution < 1.29 is 19.1 Å². The van der Waals surface area contributed by atoms with E-state index in [1.807, 2.05) is 31.7 Å². The van der Waals surface area contributed by atoms with Crippen LogP contribution in [0, 0.1) is 11.3 Å². The Morgan fingerprint density at radius 3 is 2.34 bits per heavy atom. The Hall–Kier alpha value is -3.58. The topological polar surface area (TPSA) is 121 Å². The highest BCUT2D eigenvalue weighted by Gasteiger charge is 2.27. The maximum absolute atomic E-state index is 12.7. The normalized spacial score (nSPS) is 19.9. The van der Waals surface area contributed by atoms with E-state index in [9.17, 15) is 9.59 Å². The number of hydrogen-bond acceptors (Lipinski definition) is 8. The minimum absolute atomic E-state index is 0.0296. The molecule has 0 unspecified atom stereocenters. The molecule has 0 radical (unpaired) electrons. The van der Waals surface area contributed by atoms with Crippen molar-refractivity contribution in [3.05, 3.63) is 46.6 Å². The minimum Gasteiger partial charge on any atom is -0.490 e. The SMILES string of the molecule is CC(C)(C)OC(=O)N1CCN(c2ccc(C(=O)N[C@H]3CC[C@H](Oc4ccc(C#N)c(Cl)c4)CC3)nn2)CC1. The molecule has 2 amide bonds. The molecule has 2 aliphatic rings. The van der Waals surface area contributed by atoms with Gasteiger partial charge in [0, 0.05) is 38.3 Å². The average molecular weight is 541 g/mol. The van der Waals surface area contributed by atoms with E-state index in [2.05, 4.69) is 15.5 Å². The number of anilines is 1. The van der Waals surface area contributed by atoms with Gasteiger partial charge in [-0.1, -0.05) is 11.6 Å². The molecule has 10 nitrogen and oxygen atoms in total. The van der Waals surface area contributed by atoms with Crippen molar-refractivity contribution in [2.75, 3.05) is 31.1 Å². The van der Waals surface area contributed by atoms with Crippen LogP contribution in [0.4, 0.5) is 10.6 Å². The molecule has 1 saturated heterocycles. The fourth-order valence-corrected chi connectivity index (χ4v) is 4.71. The van der Waals surface area contributed by atoms with Gasteiger partial charge in [0.2, 0.25) is 0 Å². The van der Waals surface area contributed by atoms with Crippen LogP contribution in [0.15, 0.2) is 30.3 Å². The number of nitrogens with one attached hydrogen (secondary N) is 1. The number of rotatable bonds is 5. The monoisotopic (exact) mass is 540 g/mol. The Bertz CT molecular complexity index is 1180. The Kier molecular flexibility index (Phi) is 8.57. The Morgan fingerprint density at radius 2 is 1.76 bits per heavy atom. The van der Waals surface area contributed by atoms with Gasteiger partial charge in [-0.15, -0.1) is 10.2 Å². The van der Waals surface area contributed by atoms with Gasteiger partial charge in [0.1, 0.15) is 17.4 Å². The largest absolute Gasteiger partial charge is 0.490 e. The summed E-state index contributed by atoms with van der Waals surface area (Å²) in [6.07, 6.45) is 2.88. The summed E-state index contributed by atoms with van der Waals surface area (Å²) in [6.45, 7) is 7.84. The first-order chi connectivity index (χ1) is 18.1. The van der Waals surface area contributed by atoms with Gasteiger partial charge in [-0.05, 0) is 70.7 Å². The van der Waals surface area contributed by atoms with Gasteiger partial charge < -0.3 is 24.6 Å². The first kappa shape index (κ1) is 27.5. The smallest absolute Gasteiger partial charge is 0.410 e. The number of nitriles is 1. The lowest BCUT2D eigenvalue weighted by molar-refractivity contribution is 0.0240. The third-order valence-corrected chi connectivity index (χ3v) is 6.82. The number of carbonyl (C=O) groups excluding carboxylic acids is 2. The van der Waals surface area contributed by atoms with Crippen LogP contribution < -0.4 is 15.0 Å². The minimum atomic E-state index is -0.524. The van der Waals surface area contributed by atoms with Crippen molar-refractivity contribution in [2.45, 2.75) is 64.2 Å². The lowest BCUT2D eigenvalue weighted by Crippen LogP contribution is -2.50. The highest BCUT2D eigenvalue weighted by Crippen LogP contribution is 2.27. The van der Waals surface area contributed by atoms with E-state index < -0.39 is 5.60 Å². The molecule has 1 aliphatic heterocycles. The van der Waals surface area contributed by atoms with Gasteiger partial charge in [-0.2, -0.15) is 5.26 Å². The molecule has 2 aromatic rings. The molecular formula is C27H33ClN6O4. The van der Waals surface area contributed by atoms with Crippen LogP contribution in [-0.2, 0) is 4.74 Å². The van der Waals surface area contributed by atoms with Gasteiger partial charge >= 0.3 is 6.09 Å². The Morgan fingerprint density at radius 1 is 1.05 bits per heavy atom. The second kappa shape index (κ2) is 11.9. The predicted octanol–water partition coefficient (Wildman–Crippen LogP) is 4.18. The van der Waals surface area contributed by atoms with Gasteiger partial charge in [-0.25, -0.2) is 4.79 Å². The third-order valence-electron chi connectivity index (χ3n) is 6.51. The van der Waals surface area contributed by atoms with Crippen LogP contribution in [0.2, 0.25) is 5.02 Å². The second-order valence-electron chi connectivity index (χ2n) is 10.5. The summed E-state index contributed by atoms with van der Waals surface area (Å²) in [4.78, 5) is 28.7. The summed E-state index contributed by atoms with van der Waals surface area (Å²) in [5.41, 5.74) is 0.165. The number of piperazine rings is 1. The van der Waals surface area contributed by atoms with Crippen molar-refractivity contribution in [1.29, 1.82) is 5.26 Å². The molecular weight excluding hydrogens is 508 g/mol. The zero-order valence-electron chi connectivity index (χ0n) is 21.9. The van der Waals surface area contributed by atoms with Crippen molar-refractivity contribution in [1.82, 2.24) is 20.4 Å². The van der Waals surface area contributed by atoms with E-state index in [-0.39, 0.29) is 29.8 Å². The zero-order valence-corrected chi connectivity index (χ0v) is 22.7. The molecule has 2 heterocycles. The van der Waals surface area contributed by atoms with Gasteiger partial charge in [-0.3, -0.25) is 4.79 Å². The summed E-state index contributed by atoms with van der Waals surface area (Å²) < 4.78 is 11.5. The highest BCUT2D eigenvalue weighted by atomic mass is 35.5. The predicted molar refractivity (Wildman–Crippen MR) is 142 cm³/mol. The molecule has 1 saturated carbocycles. The van der Waals surface area contributed by atoms with Crippen LogP contribution >= 0.6 is 11.6 Å². The van der Waals surface area contributed by atoms with E-state index in [4.69, 9.17) is 26.3 Å². The average Bonchev–Trinajstić information content (AvgIpc) is 2.89. The van der Waals surface area contributed by atoms with E-state index in [1.54, 1.807) is 35.2 Å². The van der Waals surface area contributed by atoms with E-state index in [1.165, 1.54) is 0 Å². The number of halogens is 1. The fraction of sp³-hybridized carbons (Fsp3) is 0.519. The zero-order chi connectivity index (χ0) is 27.3. The maximum atomic E-state index is 12.7. The molecule has 11 heteroatoms. The summed E-state index contributed by atoms with van der Waals surface area (Å²) in [7, 11) is 0. The number of benzene rings is 1. The van der Waals surface area contributed by atoms with E-state index in [0.29, 0.717) is 48.3 Å². The summed E-state index contributed by atoms with van der Waals surface area (Å²) in [5, 5.41) is 20.8. The van der Waals surface area contributed by atoms with Crippen molar-refractivity contribution in [3.8, 4) is 11.8 Å². The molecule has 1 aromatic heterocycles. The third kappa shape index (κ3) is 7.25. The molecule has 0 spiro atoms. The number of hydrogen-bond donors (Lipinski definition) is 1. The van der Waals surface area contributed by atoms with Gasteiger partial charge in [0.05, 0.1) is 16.7 Å². The first-order valence-corrected chi connectivity index (χ1v) is 13.2. The molecule has 1 aromatic carbocycles. The van der Waals surface area contributed by atoms with Crippen LogP contribution in [-0.4, -0.2) is 71.0 Å². The number of carbonyl (C=O) groups is 2. The molecule has 4 rings (SSSR count). The van der Waals surface area contributed by atoms with Crippen LogP contribution in [0.1, 0.15) is 62.5 Å². The number of ether oxygens (including phenoxy) is 2. The quantitative estimate of drug-likeness (QED) is 0.599. The Labute approximate surface area is 227 Å². The molecule has 1 aliphatic carbocycles. The van der Waals surface area contributed by atoms with Crippen molar-refractivity contribution in [2.24, 2.45) is 0 Å². The molecule has 0 atom stereocenters. The van der Waals surface area contributed by atoms with Crippen LogP contribution in [0.3, 0.4) is 0 Å². The molecule has 1 N–H and O–H groups in total. The molecule has 0 bridgehead atoms. The fourth-order valence-electron chi connectivity index (χ4n) is 4.50. The van der Waals surface area contributed by atoms with Crippen molar-refractivity contribution in [3.63, 3.8) is 0 Å². The standard InChI is InChI=1S/C27H33ClN6O4/c1-27(2,3)38-26(36)34-14-12-33(13-15-34)24-11-10-23(31-32-24)25(35)30-19-5-8-20(9-6-19)37-21-7-4-18(17-29)22(28)16-21/h4,7,10-11,16,19-20H,5-6,8-9,12-15H2,1-3H3,(H,30,35)/t19-,20-. The molecule has 202 valence electrons. The summed E-state index contributed by atoms with van der Waals surface area (Å²) in [6, 6.07) is 10.6. The lowest BCUT2D eigenvalue weighted by atomic mass is 9.93. The summed E-state index contributed by atoms with van der Waals surface area (Å²) >= 11 is 6.09. The molecule has 38 heavy (non-hydrogen) atoms. The van der Waals surface area contributed by atoms with Crippen molar-refractivity contribution >= 4 is 29.4 Å². The van der Waals surface area contributed by atoms with Crippen LogP contribution in [0.5, 0.6) is 5.75 Å².